The van der Waals surface area contributed by atoms with E-state index in [1.807, 2.05) is 96.7 Å². The van der Waals surface area contributed by atoms with Gasteiger partial charge in [-0.05, 0) is 92.0 Å². The molecule has 0 radical (unpaired) electrons. The first kappa shape index (κ1) is 33.9. The van der Waals surface area contributed by atoms with E-state index < -0.39 is 5.41 Å². The molecule has 1 aromatic heterocycles. The van der Waals surface area contributed by atoms with Gasteiger partial charge >= 0.3 is 0 Å². The molecule has 58 heavy (non-hydrogen) atoms. The number of benzene rings is 8. The van der Waals surface area contributed by atoms with Gasteiger partial charge in [-0.25, -0.2) is 15.0 Å². The molecule has 2 heterocycles. The molecule has 2 aliphatic rings. The molecule has 1 aliphatic carbocycles. The first-order valence-corrected chi connectivity index (χ1v) is 20.1. The molecule has 0 atom stereocenters. The van der Waals surface area contributed by atoms with Crippen LogP contribution in [0.2, 0.25) is 0 Å². The van der Waals surface area contributed by atoms with Crippen molar-refractivity contribution in [3.8, 4) is 73.6 Å². The largest absolute Gasteiger partial charge is 0.208 e. The van der Waals surface area contributed by atoms with Crippen LogP contribution in [-0.4, -0.2) is 15.0 Å². The van der Waals surface area contributed by atoms with Crippen LogP contribution in [0, 0.1) is 11.3 Å². The molecule has 0 saturated heterocycles. The molecule has 8 aromatic carbocycles. The zero-order valence-corrected chi connectivity index (χ0v) is 32.0. The monoisotopic (exact) mass is 756 g/mol. The molecule has 1 aliphatic heterocycles. The molecular weight excluding hydrogens is 725 g/mol. The van der Waals surface area contributed by atoms with Gasteiger partial charge in [-0.3, -0.25) is 0 Å². The zero-order valence-electron chi connectivity index (χ0n) is 31.2. The van der Waals surface area contributed by atoms with E-state index >= 15 is 0 Å². The average molecular weight is 757 g/mol. The fourth-order valence-corrected chi connectivity index (χ4v) is 9.90. The lowest BCUT2D eigenvalue weighted by Gasteiger charge is -2.40. The molecular formula is C53H32N4S. The fourth-order valence-electron chi connectivity index (χ4n) is 8.75. The predicted octanol–water partition coefficient (Wildman–Crippen LogP) is 12.9. The summed E-state index contributed by atoms with van der Waals surface area (Å²) in [5.41, 5.74) is 14.9. The summed E-state index contributed by atoms with van der Waals surface area (Å²) in [5, 5.41) is 9.29. The van der Waals surface area contributed by atoms with Crippen LogP contribution < -0.4 is 0 Å². The number of hydrogen-bond acceptors (Lipinski definition) is 5. The zero-order chi connectivity index (χ0) is 38.6. The van der Waals surface area contributed by atoms with E-state index in [-0.39, 0.29) is 0 Å². The molecule has 11 rings (SSSR count). The number of nitriles is 1. The third-order valence-electron chi connectivity index (χ3n) is 11.5. The maximum atomic E-state index is 9.29. The van der Waals surface area contributed by atoms with Crippen LogP contribution in [0.3, 0.4) is 0 Å². The quantitative estimate of drug-likeness (QED) is 0.175. The maximum Gasteiger partial charge on any atom is 0.164 e. The van der Waals surface area contributed by atoms with Gasteiger partial charge in [0.15, 0.2) is 17.5 Å². The summed E-state index contributed by atoms with van der Waals surface area (Å²) in [6.45, 7) is 0. The van der Waals surface area contributed by atoms with E-state index in [1.165, 1.54) is 43.2 Å². The summed E-state index contributed by atoms with van der Waals surface area (Å²) >= 11 is 1.83. The van der Waals surface area contributed by atoms with Gasteiger partial charge < -0.3 is 0 Å². The summed E-state index contributed by atoms with van der Waals surface area (Å²) in [7, 11) is 0. The van der Waals surface area contributed by atoms with Crippen LogP contribution >= 0.6 is 11.8 Å². The SMILES string of the molecule is N#Cc1ccc(-c2ccc(-c3ccc4c(c3)C3(c5cc(-c6nc(-c7ccccc7)nc(-c7ccccc7)n6)ccc5S4)c4ccccc4-c4ccccc43)cc2)cc1. The maximum absolute atomic E-state index is 9.29. The standard InChI is InChI=1S/C53H32N4S/c54-33-34-19-21-35(22-20-34)36-23-25-37(26-24-36)40-27-29-48-46(31-40)53(44-17-9-7-15-42(44)43-16-8-10-18-45(43)53)47-32-41(28-30-49(47)58-48)52-56-50(38-11-3-1-4-12-38)55-51(57-52)39-13-5-2-6-14-39/h1-32H. The molecule has 1 spiro atoms. The highest BCUT2D eigenvalue weighted by Gasteiger charge is 2.50. The normalized spacial score (nSPS) is 12.9. The Kier molecular flexibility index (Phi) is 7.99. The minimum Gasteiger partial charge on any atom is -0.208 e. The molecule has 4 nitrogen and oxygen atoms in total. The number of fused-ring (bicyclic) bond motifs is 9. The van der Waals surface area contributed by atoms with Crippen molar-refractivity contribution in [3.05, 3.63) is 222 Å². The average Bonchev–Trinajstić information content (AvgIpc) is 3.60. The van der Waals surface area contributed by atoms with Gasteiger partial charge in [0.2, 0.25) is 0 Å². The second-order valence-electron chi connectivity index (χ2n) is 14.7. The third-order valence-corrected chi connectivity index (χ3v) is 12.6. The Bertz CT molecular complexity index is 2980. The number of nitrogens with zero attached hydrogens (tertiary/aromatic N) is 4. The van der Waals surface area contributed by atoms with Crippen LogP contribution in [0.15, 0.2) is 204 Å². The minimum atomic E-state index is -0.588. The van der Waals surface area contributed by atoms with Crippen molar-refractivity contribution in [1.82, 2.24) is 15.0 Å². The van der Waals surface area contributed by atoms with E-state index in [1.54, 1.807) is 0 Å². The molecule has 0 unspecified atom stereocenters. The lowest BCUT2D eigenvalue weighted by molar-refractivity contribution is 0.723. The van der Waals surface area contributed by atoms with Gasteiger partial charge in [0.05, 0.1) is 17.0 Å². The van der Waals surface area contributed by atoms with Gasteiger partial charge in [-0.2, -0.15) is 5.26 Å². The lowest BCUT2D eigenvalue weighted by atomic mass is 9.66. The van der Waals surface area contributed by atoms with Gasteiger partial charge in [-0.1, -0.05) is 169 Å². The van der Waals surface area contributed by atoms with E-state index in [2.05, 4.69) is 115 Å². The summed E-state index contributed by atoms with van der Waals surface area (Å²) in [6.07, 6.45) is 0. The number of rotatable bonds is 5. The van der Waals surface area contributed by atoms with Crippen LogP contribution in [0.4, 0.5) is 0 Å². The van der Waals surface area contributed by atoms with Crippen molar-refractivity contribution in [3.63, 3.8) is 0 Å². The molecule has 5 heteroatoms. The Hall–Kier alpha value is -7.39. The molecule has 9 aromatic rings. The topological polar surface area (TPSA) is 62.5 Å². The first-order chi connectivity index (χ1) is 28.7. The molecule has 0 fully saturated rings. The Morgan fingerprint density at radius 2 is 0.759 bits per heavy atom. The van der Waals surface area contributed by atoms with Crippen LogP contribution in [0.25, 0.3) is 67.5 Å². The van der Waals surface area contributed by atoms with Crippen molar-refractivity contribution in [1.29, 1.82) is 5.26 Å². The lowest BCUT2D eigenvalue weighted by Crippen LogP contribution is -2.32. The number of aromatic nitrogens is 3. The van der Waals surface area contributed by atoms with Crippen molar-refractivity contribution in [2.75, 3.05) is 0 Å². The third kappa shape index (κ3) is 5.42. The van der Waals surface area contributed by atoms with Crippen LogP contribution in [-0.2, 0) is 5.41 Å². The van der Waals surface area contributed by atoms with Gasteiger partial charge in [0.25, 0.3) is 0 Å². The predicted molar refractivity (Wildman–Crippen MR) is 233 cm³/mol. The summed E-state index contributed by atoms with van der Waals surface area (Å²) < 4.78 is 0. The summed E-state index contributed by atoms with van der Waals surface area (Å²) in [6, 6.07) is 70.6. The first-order valence-electron chi connectivity index (χ1n) is 19.3. The van der Waals surface area contributed by atoms with E-state index in [0.717, 1.165) is 38.9 Å². The van der Waals surface area contributed by atoms with Gasteiger partial charge in [0.1, 0.15) is 0 Å². The van der Waals surface area contributed by atoms with E-state index in [4.69, 9.17) is 15.0 Å². The van der Waals surface area contributed by atoms with Gasteiger partial charge in [0, 0.05) is 26.5 Å². The Labute approximate surface area is 341 Å². The summed E-state index contributed by atoms with van der Waals surface area (Å²) in [5.74, 6) is 1.92. The van der Waals surface area contributed by atoms with Crippen molar-refractivity contribution in [2.45, 2.75) is 15.2 Å². The van der Waals surface area contributed by atoms with E-state index in [0.29, 0.717) is 23.0 Å². The highest BCUT2D eigenvalue weighted by Crippen LogP contribution is 2.62. The molecule has 0 saturated carbocycles. The second-order valence-corrected chi connectivity index (χ2v) is 15.8. The highest BCUT2D eigenvalue weighted by molar-refractivity contribution is 7.99. The Morgan fingerprint density at radius 3 is 1.28 bits per heavy atom. The molecule has 0 amide bonds. The minimum absolute atomic E-state index is 0.588. The summed E-state index contributed by atoms with van der Waals surface area (Å²) in [4.78, 5) is 17.7. The van der Waals surface area contributed by atoms with Crippen LogP contribution in [0.5, 0.6) is 0 Å². The van der Waals surface area contributed by atoms with Crippen molar-refractivity contribution >= 4 is 11.8 Å². The number of hydrogen-bond donors (Lipinski definition) is 0. The van der Waals surface area contributed by atoms with Crippen molar-refractivity contribution < 1.29 is 0 Å². The fraction of sp³-hybridized carbons (Fsp3) is 0.0189. The second kappa shape index (κ2) is 13.7. The molecule has 0 bridgehead atoms. The Morgan fingerprint density at radius 1 is 0.362 bits per heavy atom. The molecule has 0 N–H and O–H groups in total. The van der Waals surface area contributed by atoms with Gasteiger partial charge in [-0.15, -0.1) is 0 Å². The smallest absolute Gasteiger partial charge is 0.164 e. The van der Waals surface area contributed by atoms with Crippen LogP contribution in [0.1, 0.15) is 27.8 Å². The molecule has 270 valence electrons. The Balaban J connectivity index is 1.11. The van der Waals surface area contributed by atoms with Crippen molar-refractivity contribution in [2.24, 2.45) is 0 Å². The van der Waals surface area contributed by atoms with E-state index in [9.17, 15) is 5.26 Å². The highest BCUT2D eigenvalue weighted by atomic mass is 32.2.